The Morgan fingerprint density at radius 1 is 1.00 bits per heavy atom. The minimum Gasteiger partial charge on any atom is -0.496 e. The fourth-order valence-electron chi connectivity index (χ4n) is 3.70. The largest absolute Gasteiger partial charge is 0.496 e. The number of methoxy groups -OCH3 is 1. The molecule has 2 aromatic carbocycles. The van der Waals surface area contributed by atoms with E-state index in [1.54, 1.807) is 40.3 Å². The first-order valence-corrected chi connectivity index (χ1v) is 9.36. The normalized spacial score (nSPS) is 13.9. The van der Waals surface area contributed by atoms with Gasteiger partial charge in [0.25, 0.3) is 11.8 Å². The first-order valence-electron chi connectivity index (χ1n) is 9.36. The van der Waals surface area contributed by atoms with Gasteiger partial charge < -0.3 is 19.5 Å². The number of carbonyl (C=O) groups is 2. The molecule has 4 rings (SSSR count). The summed E-state index contributed by atoms with van der Waals surface area (Å²) in [7, 11) is 1.54. The van der Waals surface area contributed by atoms with Gasteiger partial charge in [0.1, 0.15) is 11.8 Å². The highest BCUT2D eigenvalue weighted by molar-refractivity contribution is 6.10. The number of rotatable bonds is 3. The molecule has 2 heterocycles. The van der Waals surface area contributed by atoms with Crippen LogP contribution >= 0.6 is 0 Å². The molecule has 1 saturated heterocycles. The number of aromatic nitrogens is 1. The number of hydrogen-bond acceptors (Lipinski definition) is 4. The summed E-state index contributed by atoms with van der Waals surface area (Å²) in [5, 5.41) is 9.94. The van der Waals surface area contributed by atoms with Crippen LogP contribution < -0.4 is 4.74 Å². The predicted octanol–water partition coefficient (Wildman–Crippen LogP) is 2.65. The first kappa shape index (κ1) is 18.6. The van der Waals surface area contributed by atoms with Crippen LogP contribution in [-0.2, 0) is 0 Å². The van der Waals surface area contributed by atoms with Gasteiger partial charge in [-0.3, -0.25) is 9.59 Å². The topological polar surface area (TPSA) is 89.4 Å². The molecule has 0 bridgehead atoms. The number of nitriles is 1. The van der Waals surface area contributed by atoms with Gasteiger partial charge in [0.05, 0.1) is 29.1 Å². The third-order valence-corrected chi connectivity index (χ3v) is 5.24. The lowest BCUT2D eigenvalue weighted by atomic mass is 10.1. The van der Waals surface area contributed by atoms with Gasteiger partial charge in [0.15, 0.2) is 0 Å². The van der Waals surface area contributed by atoms with Crippen molar-refractivity contribution < 1.29 is 14.3 Å². The average Bonchev–Trinajstić information content (AvgIpc) is 3.23. The molecule has 2 amide bonds. The zero-order chi connectivity index (χ0) is 20.4. The Balaban J connectivity index is 1.53. The van der Waals surface area contributed by atoms with Crippen LogP contribution in [0.2, 0.25) is 0 Å². The quantitative estimate of drug-likeness (QED) is 0.747. The number of piperazine rings is 1. The van der Waals surface area contributed by atoms with E-state index in [-0.39, 0.29) is 11.8 Å². The number of nitrogens with zero attached hydrogens (tertiary/aromatic N) is 3. The van der Waals surface area contributed by atoms with Crippen molar-refractivity contribution in [3.05, 3.63) is 65.4 Å². The summed E-state index contributed by atoms with van der Waals surface area (Å²) < 4.78 is 5.41. The van der Waals surface area contributed by atoms with Crippen molar-refractivity contribution >= 4 is 22.7 Å². The van der Waals surface area contributed by atoms with Crippen LogP contribution in [0.25, 0.3) is 10.9 Å². The van der Waals surface area contributed by atoms with Crippen LogP contribution in [0, 0.1) is 11.3 Å². The van der Waals surface area contributed by atoms with Gasteiger partial charge in [-0.1, -0.05) is 18.2 Å². The van der Waals surface area contributed by atoms with Crippen molar-refractivity contribution in [1.82, 2.24) is 14.8 Å². The molecule has 7 nitrogen and oxygen atoms in total. The summed E-state index contributed by atoms with van der Waals surface area (Å²) in [5.41, 5.74) is 2.17. The minimum absolute atomic E-state index is 0.0230. The molecule has 0 aliphatic carbocycles. The van der Waals surface area contributed by atoms with Crippen LogP contribution in [-0.4, -0.2) is 59.9 Å². The lowest BCUT2D eigenvalue weighted by molar-refractivity contribution is 0.0536. The van der Waals surface area contributed by atoms with Gasteiger partial charge >= 0.3 is 0 Å². The second kappa shape index (κ2) is 7.68. The van der Waals surface area contributed by atoms with Crippen LogP contribution in [0.4, 0.5) is 0 Å². The van der Waals surface area contributed by atoms with E-state index in [0.717, 1.165) is 0 Å². The Morgan fingerprint density at radius 2 is 1.66 bits per heavy atom. The number of benzene rings is 2. The maximum Gasteiger partial charge on any atom is 0.256 e. The number of nitrogens with one attached hydrogen (secondary N) is 1. The monoisotopic (exact) mass is 388 g/mol. The average molecular weight is 388 g/mol. The molecule has 1 aliphatic heterocycles. The lowest BCUT2D eigenvalue weighted by Crippen LogP contribution is -2.50. The molecule has 3 aromatic rings. The number of amides is 2. The summed E-state index contributed by atoms with van der Waals surface area (Å²) in [4.78, 5) is 32.3. The molecule has 1 aromatic heterocycles. The fraction of sp³-hybridized carbons (Fsp3) is 0.227. The van der Waals surface area contributed by atoms with Crippen LogP contribution in [0.1, 0.15) is 26.3 Å². The molecule has 1 aliphatic rings. The molecule has 0 atom stereocenters. The van der Waals surface area contributed by atoms with Crippen molar-refractivity contribution in [2.45, 2.75) is 0 Å². The standard InChI is InChI=1S/C22H20N4O3/c1-29-18-8-7-16(13-23)20-19(18)17(14-24-20)22(28)26-11-9-25(10-12-26)21(27)15-5-3-2-4-6-15/h2-8,14,24H,9-12H2,1H3. The molecule has 0 unspecified atom stereocenters. The number of fused-ring (bicyclic) bond motifs is 1. The number of ether oxygens (including phenoxy) is 1. The van der Waals surface area contributed by atoms with E-state index in [0.29, 0.717) is 59.5 Å². The van der Waals surface area contributed by atoms with E-state index in [1.807, 2.05) is 18.2 Å². The Labute approximate surface area is 168 Å². The van der Waals surface area contributed by atoms with E-state index < -0.39 is 0 Å². The summed E-state index contributed by atoms with van der Waals surface area (Å²) in [6, 6.07) is 14.6. The molecule has 0 spiro atoms. The van der Waals surface area contributed by atoms with E-state index in [9.17, 15) is 14.9 Å². The van der Waals surface area contributed by atoms with Crippen molar-refractivity contribution in [2.75, 3.05) is 33.3 Å². The smallest absolute Gasteiger partial charge is 0.256 e. The first-order chi connectivity index (χ1) is 14.1. The van der Waals surface area contributed by atoms with Crippen molar-refractivity contribution in [1.29, 1.82) is 5.26 Å². The van der Waals surface area contributed by atoms with Gasteiger partial charge in [-0.15, -0.1) is 0 Å². The number of hydrogen-bond donors (Lipinski definition) is 1. The van der Waals surface area contributed by atoms with Gasteiger partial charge in [0, 0.05) is 37.9 Å². The maximum absolute atomic E-state index is 13.2. The Bertz CT molecular complexity index is 1110. The third-order valence-electron chi connectivity index (χ3n) is 5.24. The highest BCUT2D eigenvalue weighted by Crippen LogP contribution is 2.32. The van der Waals surface area contributed by atoms with Crippen molar-refractivity contribution in [2.24, 2.45) is 0 Å². The molecule has 146 valence electrons. The highest BCUT2D eigenvalue weighted by atomic mass is 16.5. The highest BCUT2D eigenvalue weighted by Gasteiger charge is 2.28. The SMILES string of the molecule is COc1ccc(C#N)c2[nH]cc(C(=O)N3CCN(C(=O)c4ccccc4)CC3)c12. The molecular formula is C22H20N4O3. The zero-order valence-corrected chi connectivity index (χ0v) is 16.0. The number of carbonyl (C=O) groups excluding carboxylic acids is 2. The molecular weight excluding hydrogens is 368 g/mol. The number of H-pyrrole nitrogens is 1. The van der Waals surface area contributed by atoms with Gasteiger partial charge in [-0.25, -0.2) is 0 Å². The summed E-state index contributed by atoms with van der Waals surface area (Å²) in [6.07, 6.45) is 1.62. The van der Waals surface area contributed by atoms with Gasteiger partial charge in [0.2, 0.25) is 0 Å². The van der Waals surface area contributed by atoms with Crippen LogP contribution in [0.3, 0.4) is 0 Å². The zero-order valence-electron chi connectivity index (χ0n) is 16.0. The van der Waals surface area contributed by atoms with E-state index in [4.69, 9.17) is 4.74 Å². The Hall–Kier alpha value is -3.79. The van der Waals surface area contributed by atoms with Gasteiger partial charge in [-0.05, 0) is 24.3 Å². The second-order valence-electron chi connectivity index (χ2n) is 6.83. The lowest BCUT2D eigenvalue weighted by Gasteiger charge is -2.34. The maximum atomic E-state index is 13.2. The summed E-state index contributed by atoms with van der Waals surface area (Å²) >= 11 is 0. The Kier molecular flexibility index (Phi) is 4.92. The number of aromatic amines is 1. The predicted molar refractivity (Wildman–Crippen MR) is 108 cm³/mol. The minimum atomic E-state index is -0.142. The molecule has 0 radical (unpaired) electrons. The van der Waals surface area contributed by atoms with Crippen LogP contribution in [0.15, 0.2) is 48.7 Å². The fourth-order valence-corrected chi connectivity index (χ4v) is 3.70. The Morgan fingerprint density at radius 3 is 2.28 bits per heavy atom. The van der Waals surface area contributed by atoms with E-state index >= 15 is 0 Å². The molecule has 29 heavy (non-hydrogen) atoms. The molecule has 7 heteroatoms. The van der Waals surface area contributed by atoms with E-state index in [1.165, 1.54) is 7.11 Å². The van der Waals surface area contributed by atoms with E-state index in [2.05, 4.69) is 11.1 Å². The van der Waals surface area contributed by atoms with Crippen LogP contribution in [0.5, 0.6) is 5.75 Å². The van der Waals surface area contributed by atoms with Crippen molar-refractivity contribution in [3.63, 3.8) is 0 Å². The summed E-state index contributed by atoms with van der Waals surface area (Å²) in [5.74, 6) is 0.378. The third kappa shape index (κ3) is 3.29. The van der Waals surface area contributed by atoms with Gasteiger partial charge in [-0.2, -0.15) is 5.26 Å². The summed E-state index contributed by atoms with van der Waals surface area (Å²) in [6.45, 7) is 1.85. The van der Waals surface area contributed by atoms with Crippen molar-refractivity contribution in [3.8, 4) is 11.8 Å². The molecule has 1 fully saturated rings. The second-order valence-corrected chi connectivity index (χ2v) is 6.83. The molecule has 0 saturated carbocycles. The molecule has 1 N–H and O–H groups in total.